The number of fused-ring (bicyclic) bond motifs is 1. The minimum absolute atomic E-state index is 0.138. The van der Waals surface area contributed by atoms with Crippen molar-refractivity contribution >= 4 is 63.1 Å². The molecule has 0 bridgehead atoms. The molecule has 1 aromatic heterocycles. The van der Waals surface area contributed by atoms with Crippen LogP contribution in [0.15, 0.2) is 46.3 Å². The fourth-order valence-corrected chi connectivity index (χ4v) is 4.21. The van der Waals surface area contributed by atoms with E-state index in [-0.39, 0.29) is 27.9 Å². The van der Waals surface area contributed by atoms with Gasteiger partial charge in [0.15, 0.2) is 5.16 Å². The molecule has 3 aromatic rings. The van der Waals surface area contributed by atoms with Gasteiger partial charge in [-0.3, -0.25) is 24.3 Å². The van der Waals surface area contributed by atoms with Gasteiger partial charge in [0, 0.05) is 23.7 Å². The van der Waals surface area contributed by atoms with Crippen LogP contribution in [0.4, 0.5) is 11.4 Å². The van der Waals surface area contributed by atoms with Crippen molar-refractivity contribution in [3.05, 3.63) is 66.9 Å². The summed E-state index contributed by atoms with van der Waals surface area (Å²) < 4.78 is 1.54. The monoisotopic (exact) mass is 494 g/mol. The van der Waals surface area contributed by atoms with E-state index in [0.717, 1.165) is 11.8 Å². The Morgan fingerprint density at radius 2 is 1.94 bits per heavy atom. The molecule has 0 aliphatic carbocycles. The van der Waals surface area contributed by atoms with Gasteiger partial charge in [-0.15, -0.1) is 0 Å². The Hall–Kier alpha value is -2.62. The molecule has 1 unspecified atom stereocenters. The SMILES string of the molecule is CC(C)Cn1c(SC(C)C(=O)Nc2cc([N+](=O)[O-])ccc2Cl)nc2ccc(Cl)cc2c1=O. The molecule has 0 saturated carbocycles. The highest BCUT2D eigenvalue weighted by atomic mass is 35.5. The molecular formula is C21H20Cl2N4O4S. The first-order chi connectivity index (χ1) is 15.1. The summed E-state index contributed by atoms with van der Waals surface area (Å²) in [6.45, 7) is 6.03. The zero-order valence-corrected chi connectivity index (χ0v) is 19.8. The van der Waals surface area contributed by atoms with Gasteiger partial charge < -0.3 is 5.32 Å². The number of carbonyl (C=O) groups is 1. The van der Waals surface area contributed by atoms with Crippen LogP contribution in [0.5, 0.6) is 0 Å². The van der Waals surface area contributed by atoms with Crippen LogP contribution in [0.2, 0.25) is 10.0 Å². The molecule has 1 heterocycles. The van der Waals surface area contributed by atoms with E-state index in [0.29, 0.717) is 27.6 Å². The van der Waals surface area contributed by atoms with Gasteiger partial charge in [0.05, 0.1) is 31.8 Å². The van der Waals surface area contributed by atoms with Crippen LogP contribution in [0.1, 0.15) is 20.8 Å². The Bertz CT molecular complexity index is 1260. The molecular weight excluding hydrogens is 475 g/mol. The number of hydrogen-bond acceptors (Lipinski definition) is 6. The second-order valence-electron chi connectivity index (χ2n) is 7.54. The Morgan fingerprint density at radius 1 is 1.22 bits per heavy atom. The predicted molar refractivity (Wildman–Crippen MR) is 128 cm³/mol. The number of nitrogens with zero attached hydrogens (tertiary/aromatic N) is 3. The summed E-state index contributed by atoms with van der Waals surface area (Å²) in [5.74, 6) is -0.266. The number of amides is 1. The summed E-state index contributed by atoms with van der Waals surface area (Å²) in [7, 11) is 0. The summed E-state index contributed by atoms with van der Waals surface area (Å²) >= 11 is 13.2. The molecule has 1 N–H and O–H groups in total. The van der Waals surface area contributed by atoms with Gasteiger partial charge in [0.25, 0.3) is 11.2 Å². The fraction of sp³-hybridized carbons (Fsp3) is 0.286. The van der Waals surface area contributed by atoms with E-state index in [4.69, 9.17) is 23.2 Å². The molecule has 0 aliphatic heterocycles. The predicted octanol–water partition coefficient (Wildman–Crippen LogP) is 5.39. The zero-order valence-electron chi connectivity index (χ0n) is 17.5. The summed E-state index contributed by atoms with van der Waals surface area (Å²) in [5, 5.41) is 14.4. The van der Waals surface area contributed by atoms with Crippen LogP contribution in [0.3, 0.4) is 0 Å². The van der Waals surface area contributed by atoms with Crippen molar-refractivity contribution in [3.63, 3.8) is 0 Å². The van der Waals surface area contributed by atoms with Crippen molar-refractivity contribution in [2.75, 3.05) is 5.32 Å². The van der Waals surface area contributed by atoms with Crippen molar-refractivity contribution in [2.45, 2.75) is 37.7 Å². The lowest BCUT2D eigenvalue weighted by Crippen LogP contribution is -2.28. The van der Waals surface area contributed by atoms with Crippen LogP contribution in [-0.2, 0) is 11.3 Å². The standard InChI is InChI=1S/C21H20Cl2N4O4S/c1-11(2)10-26-20(29)15-8-13(22)4-7-17(15)25-21(26)32-12(3)19(28)24-18-9-14(27(30)31)5-6-16(18)23/h4-9,11-12H,10H2,1-3H3,(H,24,28). The van der Waals surface area contributed by atoms with E-state index < -0.39 is 16.1 Å². The molecule has 0 spiro atoms. The molecule has 8 nitrogen and oxygen atoms in total. The van der Waals surface area contributed by atoms with Crippen molar-refractivity contribution in [3.8, 4) is 0 Å². The number of benzene rings is 2. The largest absolute Gasteiger partial charge is 0.324 e. The van der Waals surface area contributed by atoms with Gasteiger partial charge in [-0.25, -0.2) is 4.98 Å². The van der Waals surface area contributed by atoms with Crippen molar-refractivity contribution in [1.29, 1.82) is 0 Å². The van der Waals surface area contributed by atoms with Crippen molar-refractivity contribution in [1.82, 2.24) is 9.55 Å². The van der Waals surface area contributed by atoms with Gasteiger partial charge >= 0.3 is 0 Å². The second kappa shape index (κ2) is 9.89. The molecule has 11 heteroatoms. The van der Waals surface area contributed by atoms with Crippen LogP contribution in [0.25, 0.3) is 10.9 Å². The van der Waals surface area contributed by atoms with E-state index >= 15 is 0 Å². The molecule has 3 rings (SSSR count). The fourth-order valence-electron chi connectivity index (χ4n) is 2.96. The molecule has 1 amide bonds. The third-order valence-electron chi connectivity index (χ3n) is 4.50. The van der Waals surface area contributed by atoms with E-state index in [1.807, 2.05) is 13.8 Å². The first-order valence-corrected chi connectivity index (χ1v) is 11.3. The second-order valence-corrected chi connectivity index (χ2v) is 9.69. The summed E-state index contributed by atoms with van der Waals surface area (Å²) in [6, 6.07) is 8.70. The number of rotatable bonds is 7. The molecule has 0 radical (unpaired) electrons. The molecule has 32 heavy (non-hydrogen) atoms. The maximum absolute atomic E-state index is 13.1. The summed E-state index contributed by atoms with van der Waals surface area (Å²) in [4.78, 5) is 40.9. The Balaban J connectivity index is 1.92. The van der Waals surface area contributed by atoms with Gasteiger partial charge in [0.2, 0.25) is 5.91 Å². The highest BCUT2D eigenvalue weighted by Crippen LogP contribution is 2.29. The smallest absolute Gasteiger partial charge is 0.271 e. The van der Waals surface area contributed by atoms with Crippen LogP contribution < -0.4 is 10.9 Å². The maximum Gasteiger partial charge on any atom is 0.271 e. The average molecular weight is 495 g/mol. The van der Waals surface area contributed by atoms with E-state index in [1.54, 1.807) is 25.1 Å². The molecule has 2 aromatic carbocycles. The van der Waals surface area contributed by atoms with Crippen molar-refractivity contribution < 1.29 is 9.72 Å². The first-order valence-electron chi connectivity index (χ1n) is 9.68. The Kier molecular flexibility index (Phi) is 7.43. The minimum Gasteiger partial charge on any atom is -0.324 e. The number of thioether (sulfide) groups is 1. The number of aromatic nitrogens is 2. The number of anilines is 1. The molecule has 0 saturated heterocycles. The number of non-ortho nitro benzene ring substituents is 1. The molecule has 0 aliphatic rings. The minimum atomic E-state index is -0.666. The van der Waals surface area contributed by atoms with Crippen molar-refractivity contribution in [2.24, 2.45) is 5.92 Å². The number of nitrogens with one attached hydrogen (secondary N) is 1. The van der Waals surface area contributed by atoms with E-state index in [1.165, 1.54) is 22.8 Å². The first kappa shape index (κ1) is 24.0. The molecule has 1 atom stereocenters. The van der Waals surface area contributed by atoms with Gasteiger partial charge in [-0.05, 0) is 37.1 Å². The number of nitro benzene ring substituents is 1. The summed E-state index contributed by atoms with van der Waals surface area (Å²) in [5.41, 5.74) is 0.198. The van der Waals surface area contributed by atoms with E-state index in [2.05, 4.69) is 10.3 Å². The topological polar surface area (TPSA) is 107 Å². The highest BCUT2D eigenvalue weighted by molar-refractivity contribution is 8.00. The van der Waals surface area contributed by atoms with Gasteiger partial charge in [-0.1, -0.05) is 48.8 Å². The highest BCUT2D eigenvalue weighted by Gasteiger charge is 2.21. The zero-order chi connectivity index (χ0) is 23.6. The summed E-state index contributed by atoms with van der Waals surface area (Å²) in [6.07, 6.45) is 0. The quantitative estimate of drug-likeness (QED) is 0.204. The number of hydrogen-bond donors (Lipinski definition) is 1. The lowest BCUT2D eigenvalue weighted by molar-refractivity contribution is -0.384. The Morgan fingerprint density at radius 3 is 2.59 bits per heavy atom. The lowest BCUT2D eigenvalue weighted by atomic mass is 10.2. The van der Waals surface area contributed by atoms with Crippen LogP contribution in [-0.4, -0.2) is 25.6 Å². The number of halogens is 2. The van der Waals surface area contributed by atoms with Gasteiger partial charge in [0.1, 0.15) is 0 Å². The third-order valence-corrected chi connectivity index (χ3v) is 6.15. The molecule has 0 fully saturated rings. The Labute approximate surface area is 198 Å². The lowest BCUT2D eigenvalue weighted by Gasteiger charge is -2.18. The average Bonchev–Trinajstić information content (AvgIpc) is 2.72. The normalized spacial score (nSPS) is 12.2. The number of nitro groups is 1. The third kappa shape index (κ3) is 5.40. The maximum atomic E-state index is 13.1. The van der Waals surface area contributed by atoms with Gasteiger partial charge in [-0.2, -0.15) is 0 Å². The number of carbonyl (C=O) groups excluding carboxylic acids is 1. The van der Waals surface area contributed by atoms with Crippen LogP contribution in [0, 0.1) is 16.0 Å². The molecule has 168 valence electrons. The van der Waals surface area contributed by atoms with E-state index in [9.17, 15) is 19.7 Å². The van der Waals surface area contributed by atoms with Crippen LogP contribution >= 0.6 is 35.0 Å².